The molecule has 0 spiro atoms. The Kier molecular flexibility index (Phi) is 3.81. The molecular weight excluding hydrogens is 346 g/mol. The highest BCUT2D eigenvalue weighted by Gasteiger charge is 2.10. The van der Waals surface area contributed by atoms with Crippen molar-refractivity contribution < 1.29 is 9.18 Å². The summed E-state index contributed by atoms with van der Waals surface area (Å²) in [6.07, 6.45) is 0. The SMILES string of the molecule is Nc1cc(F)cc(NC(=O)c2ccccc2I)c1. The fraction of sp³-hybridized carbons (Fsp3) is 0. The predicted molar refractivity (Wildman–Crippen MR) is 77.9 cm³/mol. The number of anilines is 2. The normalized spacial score (nSPS) is 10.1. The summed E-state index contributed by atoms with van der Waals surface area (Å²) in [5.74, 6) is -0.766. The quantitative estimate of drug-likeness (QED) is 0.641. The van der Waals surface area contributed by atoms with Crippen LogP contribution in [0.1, 0.15) is 10.4 Å². The van der Waals surface area contributed by atoms with E-state index in [4.69, 9.17) is 5.73 Å². The van der Waals surface area contributed by atoms with Crippen LogP contribution in [0.25, 0.3) is 0 Å². The van der Waals surface area contributed by atoms with E-state index in [1.54, 1.807) is 12.1 Å². The number of nitrogens with two attached hydrogens (primary N) is 1. The Balaban J connectivity index is 2.24. The number of hydrogen-bond acceptors (Lipinski definition) is 2. The standard InChI is InChI=1S/C13H10FIN2O/c14-8-5-9(16)7-10(6-8)17-13(18)11-3-1-2-4-12(11)15/h1-7H,16H2,(H,17,18). The molecule has 0 aromatic heterocycles. The molecule has 2 aromatic rings. The van der Waals surface area contributed by atoms with Crippen molar-refractivity contribution in [2.24, 2.45) is 0 Å². The van der Waals surface area contributed by atoms with Crippen LogP contribution in [0.3, 0.4) is 0 Å². The molecule has 0 saturated heterocycles. The molecule has 2 aromatic carbocycles. The second kappa shape index (κ2) is 5.34. The van der Waals surface area contributed by atoms with Crippen LogP contribution in [0.4, 0.5) is 15.8 Å². The Hall–Kier alpha value is -1.63. The van der Waals surface area contributed by atoms with Crippen LogP contribution < -0.4 is 11.1 Å². The van der Waals surface area contributed by atoms with E-state index in [0.717, 1.165) is 3.57 Å². The first-order chi connectivity index (χ1) is 8.56. The Morgan fingerprint density at radius 2 is 1.94 bits per heavy atom. The summed E-state index contributed by atoms with van der Waals surface area (Å²) in [4.78, 5) is 12.0. The van der Waals surface area contributed by atoms with Gasteiger partial charge in [-0.2, -0.15) is 0 Å². The average molecular weight is 356 g/mol. The number of amides is 1. The van der Waals surface area contributed by atoms with Gasteiger partial charge in [0.05, 0.1) is 5.56 Å². The number of carbonyl (C=O) groups excluding carboxylic acids is 1. The van der Waals surface area contributed by atoms with Gasteiger partial charge in [0.25, 0.3) is 5.91 Å². The second-order valence-corrected chi connectivity index (χ2v) is 4.87. The number of nitrogen functional groups attached to an aromatic ring is 1. The average Bonchev–Trinajstić information content (AvgIpc) is 2.27. The summed E-state index contributed by atoms with van der Waals surface area (Å²) in [6, 6.07) is 11.1. The fourth-order valence-corrected chi connectivity index (χ4v) is 2.16. The number of nitrogens with one attached hydrogen (secondary N) is 1. The lowest BCUT2D eigenvalue weighted by Crippen LogP contribution is -2.13. The number of hydrogen-bond donors (Lipinski definition) is 2. The molecule has 0 aliphatic rings. The molecule has 3 nitrogen and oxygen atoms in total. The molecule has 5 heteroatoms. The molecule has 1 amide bonds. The molecule has 18 heavy (non-hydrogen) atoms. The van der Waals surface area contributed by atoms with Crippen LogP contribution in [0.2, 0.25) is 0 Å². The van der Waals surface area contributed by atoms with Crippen LogP contribution in [-0.4, -0.2) is 5.91 Å². The van der Waals surface area contributed by atoms with Crippen LogP contribution in [0, 0.1) is 9.39 Å². The molecule has 3 N–H and O–H groups in total. The van der Waals surface area contributed by atoms with Gasteiger partial charge in [0.15, 0.2) is 0 Å². The molecule has 0 radical (unpaired) electrons. The van der Waals surface area contributed by atoms with Crippen molar-refractivity contribution in [2.75, 3.05) is 11.1 Å². The number of halogens is 2. The lowest BCUT2D eigenvalue weighted by Gasteiger charge is -2.07. The highest BCUT2D eigenvalue weighted by Crippen LogP contribution is 2.18. The predicted octanol–water partition coefficient (Wildman–Crippen LogP) is 3.26. The van der Waals surface area contributed by atoms with E-state index in [1.165, 1.54) is 18.2 Å². The third-order valence-electron chi connectivity index (χ3n) is 2.30. The number of benzene rings is 2. The van der Waals surface area contributed by atoms with Crippen molar-refractivity contribution in [3.05, 3.63) is 57.4 Å². The summed E-state index contributed by atoms with van der Waals surface area (Å²) in [5, 5.41) is 2.62. The molecule has 0 saturated carbocycles. The van der Waals surface area contributed by atoms with E-state index in [-0.39, 0.29) is 11.6 Å². The summed E-state index contributed by atoms with van der Waals surface area (Å²) in [6.45, 7) is 0. The van der Waals surface area contributed by atoms with Crippen molar-refractivity contribution >= 4 is 39.9 Å². The Labute approximate surface area is 117 Å². The molecule has 0 atom stereocenters. The molecule has 0 unspecified atom stereocenters. The molecule has 0 aliphatic carbocycles. The largest absolute Gasteiger partial charge is 0.399 e. The summed E-state index contributed by atoms with van der Waals surface area (Å²) in [7, 11) is 0. The van der Waals surface area contributed by atoms with Crippen LogP contribution in [0.5, 0.6) is 0 Å². The summed E-state index contributed by atoms with van der Waals surface area (Å²) < 4.78 is 14.0. The van der Waals surface area contributed by atoms with Crippen LogP contribution >= 0.6 is 22.6 Å². The maximum atomic E-state index is 13.1. The third-order valence-corrected chi connectivity index (χ3v) is 3.24. The molecular formula is C13H10FIN2O. The Morgan fingerprint density at radius 3 is 2.61 bits per heavy atom. The van der Waals surface area contributed by atoms with Gasteiger partial charge in [-0.1, -0.05) is 12.1 Å². The fourth-order valence-electron chi connectivity index (χ4n) is 1.53. The van der Waals surface area contributed by atoms with Crippen molar-refractivity contribution in [1.82, 2.24) is 0 Å². The van der Waals surface area contributed by atoms with Gasteiger partial charge >= 0.3 is 0 Å². The van der Waals surface area contributed by atoms with E-state index < -0.39 is 5.82 Å². The first-order valence-corrected chi connectivity index (χ1v) is 6.26. The number of rotatable bonds is 2. The smallest absolute Gasteiger partial charge is 0.256 e. The van der Waals surface area contributed by atoms with E-state index in [2.05, 4.69) is 27.9 Å². The summed E-state index contributed by atoms with van der Waals surface area (Å²) >= 11 is 2.07. The first kappa shape index (κ1) is 12.8. The molecule has 0 fully saturated rings. The maximum Gasteiger partial charge on any atom is 0.256 e. The maximum absolute atomic E-state index is 13.1. The molecule has 0 bridgehead atoms. The zero-order valence-electron chi connectivity index (χ0n) is 9.28. The van der Waals surface area contributed by atoms with Crippen molar-refractivity contribution in [2.45, 2.75) is 0 Å². The van der Waals surface area contributed by atoms with E-state index >= 15 is 0 Å². The van der Waals surface area contributed by atoms with Crippen LogP contribution in [0.15, 0.2) is 42.5 Å². The molecule has 0 heterocycles. The zero-order chi connectivity index (χ0) is 13.1. The minimum absolute atomic E-state index is 0.271. The third kappa shape index (κ3) is 2.98. The van der Waals surface area contributed by atoms with Crippen molar-refractivity contribution in [3.8, 4) is 0 Å². The van der Waals surface area contributed by atoms with Gasteiger partial charge < -0.3 is 11.1 Å². The highest BCUT2D eigenvalue weighted by molar-refractivity contribution is 14.1. The van der Waals surface area contributed by atoms with Gasteiger partial charge in [-0.05, 0) is 52.9 Å². The molecule has 92 valence electrons. The van der Waals surface area contributed by atoms with E-state index in [9.17, 15) is 9.18 Å². The van der Waals surface area contributed by atoms with E-state index in [1.807, 2.05) is 12.1 Å². The minimum atomic E-state index is -0.479. The van der Waals surface area contributed by atoms with Gasteiger partial charge in [-0.25, -0.2) is 4.39 Å². The first-order valence-electron chi connectivity index (χ1n) is 5.18. The van der Waals surface area contributed by atoms with Gasteiger partial charge in [-0.15, -0.1) is 0 Å². The highest BCUT2D eigenvalue weighted by atomic mass is 127. The van der Waals surface area contributed by atoms with Crippen LogP contribution in [-0.2, 0) is 0 Å². The minimum Gasteiger partial charge on any atom is -0.399 e. The molecule has 2 rings (SSSR count). The Morgan fingerprint density at radius 1 is 1.22 bits per heavy atom. The number of carbonyl (C=O) groups is 1. The monoisotopic (exact) mass is 356 g/mol. The van der Waals surface area contributed by atoms with Crippen molar-refractivity contribution in [3.63, 3.8) is 0 Å². The summed E-state index contributed by atoms with van der Waals surface area (Å²) in [5.41, 5.74) is 6.67. The molecule has 0 aliphatic heterocycles. The van der Waals surface area contributed by atoms with Gasteiger partial charge in [0.1, 0.15) is 5.82 Å². The van der Waals surface area contributed by atoms with Gasteiger partial charge in [0.2, 0.25) is 0 Å². The lowest BCUT2D eigenvalue weighted by molar-refractivity contribution is 0.102. The second-order valence-electron chi connectivity index (χ2n) is 3.71. The van der Waals surface area contributed by atoms with Gasteiger partial charge in [0, 0.05) is 14.9 Å². The lowest BCUT2D eigenvalue weighted by atomic mass is 10.2. The Bertz CT molecular complexity index is 581. The van der Waals surface area contributed by atoms with E-state index in [0.29, 0.717) is 11.3 Å². The topological polar surface area (TPSA) is 55.1 Å². The van der Waals surface area contributed by atoms with Crippen molar-refractivity contribution in [1.29, 1.82) is 0 Å². The van der Waals surface area contributed by atoms with Gasteiger partial charge in [-0.3, -0.25) is 4.79 Å². The zero-order valence-corrected chi connectivity index (χ0v) is 11.4.